The molecule has 1 aromatic carbocycles. The standard InChI is InChI=1S/C17H19N3O2/c1-10-8-13-16(14(21)9-10)11(2)18-17(20-13)19-12-6-4-5-7-15(12)22-3/h4-7,10H,8-9H2,1-3H3,(H,18,19,20). The fraction of sp³-hybridized carbons (Fsp3) is 0.353. The van der Waals surface area contributed by atoms with Crippen LogP contribution in [0, 0.1) is 12.8 Å². The number of ether oxygens (including phenoxy) is 1. The normalized spacial score (nSPS) is 17.0. The molecule has 0 saturated heterocycles. The molecule has 5 heteroatoms. The maximum absolute atomic E-state index is 12.2. The first-order chi connectivity index (χ1) is 10.6. The van der Waals surface area contributed by atoms with E-state index >= 15 is 0 Å². The van der Waals surface area contributed by atoms with Gasteiger partial charge in [-0.05, 0) is 31.4 Å². The van der Waals surface area contributed by atoms with Crippen molar-refractivity contribution in [2.45, 2.75) is 26.7 Å². The van der Waals surface area contributed by atoms with Crippen LogP contribution in [-0.4, -0.2) is 22.9 Å². The molecule has 1 unspecified atom stereocenters. The van der Waals surface area contributed by atoms with Crippen molar-refractivity contribution in [2.24, 2.45) is 5.92 Å². The van der Waals surface area contributed by atoms with Gasteiger partial charge in [-0.25, -0.2) is 9.97 Å². The number of fused-ring (bicyclic) bond motifs is 1. The number of anilines is 2. The zero-order valence-corrected chi connectivity index (χ0v) is 13.0. The van der Waals surface area contributed by atoms with Gasteiger partial charge in [0.1, 0.15) is 5.75 Å². The second kappa shape index (κ2) is 5.75. The van der Waals surface area contributed by atoms with Crippen molar-refractivity contribution in [1.82, 2.24) is 9.97 Å². The first kappa shape index (κ1) is 14.5. The molecular formula is C17H19N3O2. The van der Waals surface area contributed by atoms with Crippen LogP contribution in [0.25, 0.3) is 0 Å². The highest BCUT2D eigenvalue weighted by molar-refractivity contribution is 5.99. The van der Waals surface area contributed by atoms with Crippen LogP contribution in [0.4, 0.5) is 11.6 Å². The third-order valence-corrected chi connectivity index (χ3v) is 3.87. The zero-order chi connectivity index (χ0) is 15.7. The van der Waals surface area contributed by atoms with E-state index in [0.717, 1.165) is 29.2 Å². The summed E-state index contributed by atoms with van der Waals surface area (Å²) in [6.45, 7) is 3.94. The summed E-state index contributed by atoms with van der Waals surface area (Å²) in [4.78, 5) is 21.1. The molecule has 0 bridgehead atoms. The van der Waals surface area contributed by atoms with E-state index in [9.17, 15) is 4.79 Å². The highest BCUT2D eigenvalue weighted by Gasteiger charge is 2.26. The number of ketones is 1. The Balaban J connectivity index is 1.98. The lowest BCUT2D eigenvalue weighted by Crippen LogP contribution is -2.22. The first-order valence-electron chi connectivity index (χ1n) is 7.39. The largest absolute Gasteiger partial charge is 0.495 e. The van der Waals surface area contributed by atoms with E-state index in [1.165, 1.54) is 0 Å². The van der Waals surface area contributed by atoms with Crippen molar-refractivity contribution in [3.8, 4) is 5.75 Å². The van der Waals surface area contributed by atoms with E-state index in [1.54, 1.807) is 7.11 Å². The summed E-state index contributed by atoms with van der Waals surface area (Å²) in [5.41, 5.74) is 3.08. The molecule has 0 fully saturated rings. The second-order valence-corrected chi connectivity index (χ2v) is 5.72. The Bertz CT molecular complexity index is 728. The maximum Gasteiger partial charge on any atom is 0.227 e. The monoisotopic (exact) mass is 297 g/mol. The number of nitrogens with one attached hydrogen (secondary N) is 1. The Labute approximate surface area is 129 Å². The zero-order valence-electron chi connectivity index (χ0n) is 13.0. The predicted octanol–water partition coefficient (Wildman–Crippen LogP) is 3.30. The number of methoxy groups -OCH3 is 1. The van der Waals surface area contributed by atoms with Crippen LogP contribution in [-0.2, 0) is 6.42 Å². The number of hydrogen-bond acceptors (Lipinski definition) is 5. The Morgan fingerprint density at radius 1 is 1.23 bits per heavy atom. The molecule has 3 rings (SSSR count). The molecule has 1 N–H and O–H groups in total. The molecule has 0 amide bonds. The average molecular weight is 297 g/mol. The van der Waals surface area contributed by atoms with Crippen LogP contribution in [0.15, 0.2) is 24.3 Å². The van der Waals surface area contributed by atoms with Gasteiger partial charge < -0.3 is 10.1 Å². The minimum absolute atomic E-state index is 0.148. The number of para-hydroxylation sites is 2. The summed E-state index contributed by atoms with van der Waals surface area (Å²) in [7, 11) is 1.62. The quantitative estimate of drug-likeness (QED) is 0.941. The van der Waals surface area contributed by atoms with Gasteiger partial charge in [-0.1, -0.05) is 19.1 Å². The van der Waals surface area contributed by atoms with E-state index < -0.39 is 0 Å². The number of aryl methyl sites for hydroxylation is 1. The molecule has 1 aromatic heterocycles. The third kappa shape index (κ3) is 2.66. The summed E-state index contributed by atoms with van der Waals surface area (Å²) in [5.74, 6) is 1.71. The predicted molar refractivity (Wildman–Crippen MR) is 84.9 cm³/mol. The number of rotatable bonds is 3. The summed E-state index contributed by atoms with van der Waals surface area (Å²) in [5, 5.41) is 3.19. The Hall–Kier alpha value is -2.43. The van der Waals surface area contributed by atoms with Gasteiger partial charge in [0.2, 0.25) is 5.95 Å². The Morgan fingerprint density at radius 2 is 2.00 bits per heavy atom. The smallest absolute Gasteiger partial charge is 0.227 e. The van der Waals surface area contributed by atoms with Crippen molar-refractivity contribution in [1.29, 1.82) is 0 Å². The molecule has 1 aliphatic carbocycles. The first-order valence-corrected chi connectivity index (χ1v) is 7.39. The molecule has 2 aromatic rings. The molecule has 0 spiro atoms. The minimum atomic E-state index is 0.148. The minimum Gasteiger partial charge on any atom is -0.495 e. The van der Waals surface area contributed by atoms with Crippen LogP contribution in [0.1, 0.15) is 35.1 Å². The molecule has 0 aliphatic heterocycles. The van der Waals surface area contributed by atoms with Gasteiger partial charge in [0, 0.05) is 6.42 Å². The lowest BCUT2D eigenvalue weighted by Gasteiger charge is -2.21. The van der Waals surface area contributed by atoms with Crippen LogP contribution >= 0.6 is 0 Å². The van der Waals surface area contributed by atoms with Crippen LogP contribution in [0.5, 0.6) is 5.75 Å². The molecule has 0 saturated carbocycles. The van der Waals surface area contributed by atoms with Gasteiger partial charge in [-0.3, -0.25) is 4.79 Å². The summed E-state index contributed by atoms with van der Waals surface area (Å²) in [6, 6.07) is 7.61. The summed E-state index contributed by atoms with van der Waals surface area (Å²) < 4.78 is 5.32. The van der Waals surface area contributed by atoms with Gasteiger partial charge in [-0.15, -0.1) is 0 Å². The Kier molecular flexibility index (Phi) is 3.79. The number of Topliss-reactive ketones (excluding diaryl/α,β-unsaturated/α-hetero) is 1. The number of nitrogens with zero attached hydrogens (tertiary/aromatic N) is 2. The SMILES string of the molecule is COc1ccccc1Nc1nc(C)c2c(n1)CC(C)CC2=O. The molecule has 1 atom stereocenters. The van der Waals surface area contributed by atoms with Crippen LogP contribution in [0.3, 0.4) is 0 Å². The molecule has 0 radical (unpaired) electrons. The molecule has 22 heavy (non-hydrogen) atoms. The van der Waals surface area contributed by atoms with Crippen LogP contribution in [0.2, 0.25) is 0 Å². The number of carbonyl (C=O) groups excluding carboxylic acids is 1. The van der Waals surface area contributed by atoms with Crippen molar-refractivity contribution < 1.29 is 9.53 Å². The topological polar surface area (TPSA) is 64.1 Å². The number of aromatic nitrogens is 2. The van der Waals surface area contributed by atoms with Crippen molar-refractivity contribution in [3.63, 3.8) is 0 Å². The summed E-state index contributed by atoms with van der Waals surface area (Å²) in [6.07, 6.45) is 1.39. The van der Waals surface area contributed by atoms with E-state index in [-0.39, 0.29) is 5.78 Å². The van der Waals surface area contributed by atoms with Crippen LogP contribution < -0.4 is 10.1 Å². The van der Waals surface area contributed by atoms with Gasteiger partial charge in [0.05, 0.1) is 29.7 Å². The second-order valence-electron chi connectivity index (χ2n) is 5.72. The fourth-order valence-corrected chi connectivity index (χ4v) is 2.89. The van der Waals surface area contributed by atoms with Gasteiger partial charge >= 0.3 is 0 Å². The molecular weight excluding hydrogens is 278 g/mol. The lowest BCUT2D eigenvalue weighted by molar-refractivity contribution is 0.0951. The highest BCUT2D eigenvalue weighted by atomic mass is 16.5. The van der Waals surface area contributed by atoms with E-state index in [0.29, 0.717) is 23.9 Å². The number of hydrogen-bond donors (Lipinski definition) is 1. The van der Waals surface area contributed by atoms with Gasteiger partial charge in [0.15, 0.2) is 5.78 Å². The average Bonchev–Trinajstić information content (AvgIpc) is 2.46. The van der Waals surface area contributed by atoms with Crippen molar-refractivity contribution in [3.05, 3.63) is 41.2 Å². The fourth-order valence-electron chi connectivity index (χ4n) is 2.89. The summed E-state index contributed by atoms with van der Waals surface area (Å²) >= 11 is 0. The van der Waals surface area contributed by atoms with E-state index in [2.05, 4.69) is 22.2 Å². The van der Waals surface area contributed by atoms with Gasteiger partial charge in [-0.2, -0.15) is 0 Å². The number of carbonyl (C=O) groups is 1. The molecule has 1 aliphatic rings. The lowest BCUT2D eigenvalue weighted by atomic mass is 9.86. The Morgan fingerprint density at radius 3 is 2.77 bits per heavy atom. The molecule has 5 nitrogen and oxygen atoms in total. The third-order valence-electron chi connectivity index (χ3n) is 3.87. The van der Waals surface area contributed by atoms with Gasteiger partial charge in [0.25, 0.3) is 0 Å². The molecule has 1 heterocycles. The maximum atomic E-state index is 12.2. The molecule has 114 valence electrons. The van der Waals surface area contributed by atoms with E-state index in [4.69, 9.17) is 4.74 Å². The number of benzene rings is 1. The van der Waals surface area contributed by atoms with E-state index in [1.807, 2.05) is 31.2 Å². The highest BCUT2D eigenvalue weighted by Crippen LogP contribution is 2.29. The van der Waals surface area contributed by atoms with Crippen molar-refractivity contribution >= 4 is 17.4 Å². The van der Waals surface area contributed by atoms with Crippen molar-refractivity contribution in [2.75, 3.05) is 12.4 Å².